The van der Waals surface area contributed by atoms with Crippen LogP contribution in [0.2, 0.25) is 0 Å². The SMILES string of the molecule is COc1cc(O)cc2c1C(=O)O[C@@H](C)CC[C@@H](O)CC/C=C\C(=O)C2. The van der Waals surface area contributed by atoms with E-state index in [2.05, 4.69) is 0 Å². The summed E-state index contributed by atoms with van der Waals surface area (Å²) in [5.74, 6) is -0.738. The van der Waals surface area contributed by atoms with Gasteiger partial charge < -0.3 is 19.7 Å². The minimum Gasteiger partial charge on any atom is -0.508 e. The molecule has 2 atom stereocenters. The lowest BCUT2D eigenvalue weighted by Crippen LogP contribution is -2.20. The fraction of sp³-hybridized carbons (Fsp3) is 0.474. The molecule has 1 aliphatic heterocycles. The van der Waals surface area contributed by atoms with Crippen LogP contribution in [0.5, 0.6) is 11.5 Å². The molecule has 0 unspecified atom stereocenters. The summed E-state index contributed by atoms with van der Waals surface area (Å²) in [7, 11) is 1.38. The van der Waals surface area contributed by atoms with E-state index in [0.29, 0.717) is 31.2 Å². The molecule has 0 aromatic heterocycles. The number of benzene rings is 1. The van der Waals surface area contributed by atoms with Gasteiger partial charge in [0.15, 0.2) is 5.78 Å². The van der Waals surface area contributed by atoms with E-state index >= 15 is 0 Å². The molecule has 0 fully saturated rings. The smallest absolute Gasteiger partial charge is 0.342 e. The number of aliphatic hydroxyl groups excluding tert-OH is 1. The van der Waals surface area contributed by atoms with E-state index in [9.17, 15) is 19.8 Å². The number of methoxy groups -OCH3 is 1. The van der Waals surface area contributed by atoms with E-state index in [-0.39, 0.29) is 35.4 Å². The molecule has 2 rings (SSSR count). The van der Waals surface area contributed by atoms with Gasteiger partial charge in [0.1, 0.15) is 17.1 Å². The van der Waals surface area contributed by atoms with Gasteiger partial charge in [-0.05, 0) is 50.3 Å². The molecular formula is C19H24O6. The van der Waals surface area contributed by atoms with Gasteiger partial charge in [-0.2, -0.15) is 0 Å². The predicted molar refractivity (Wildman–Crippen MR) is 91.9 cm³/mol. The van der Waals surface area contributed by atoms with E-state index in [1.807, 2.05) is 0 Å². The summed E-state index contributed by atoms with van der Waals surface area (Å²) < 4.78 is 10.6. The van der Waals surface area contributed by atoms with E-state index < -0.39 is 12.1 Å². The Bertz CT molecular complexity index is 664. The van der Waals surface area contributed by atoms with Crippen molar-refractivity contribution in [2.45, 2.75) is 51.2 Å². The van der Waals surface area contributed by atoms with Gasteiger partial charge in [-0.3, -0.25) is 4.79 Å². The van der Waals surface area contributed by atoms with Crippen molar-refractivity contribution < 1.29 is 29.3 Å². The number of ether oxygens (including phenoxy) is 2. The van der Waals surface area contributed by atoms with Crippen molar-refractivity contribution in [3.8, 4) is 11.5 Å². The Labute approximate surface area is 147 Å². The highest BCUT2D eigenvalue weighted by atomic mass is 16.5. The molecule has 1 heterocycles. The number of phenolic OH excluding ortho intramolecular Hbond substituents is 1. The van der Waals surface area contributed by atoms with Gasteiger partial charge in [0, 0.05) is 12.5 Å². The van der Waals surface area contributed by atoms with Crippen molar-refractivity contribution in [1.82, 2.24) is 0 Å². The van der Waals surface area contributed by atoms with Crippen LogP contribution in [0.3, 0.4) is 0 Å². The lowest BCUT2D eigenvalue weighted by atomic mass is 9.99. The van der Waals surface area contributed by atoms with Crippen molar-refractivity contribution >= 4 is 11.8 Å². The number of hydrogen-bond donors (Lipinski definition) is 2. The van der Waals surface area contributed by atoms with Gasteiger partial charge >= 0.3 is 5.97 Å². The predicted octanol–water partition coefficient (Wildman–Crippen LogP) is 2.55. The topological polar surface area (TPSA) is 93.1 Å². The van der Waals surface area contributed by atoms with Gasteiger partial charge in [-0.1, -0.05) is 6.08 Å². The Morgan fingerprint density at radius 2 is 1.96 bits per heavy atom. The van der Waals surface area contributed by atoms with Crippen LogP contribution >= 0.6 is 0 Å². The molecule has 0 bridgehead atoms. The molecule has 25 heavy (non-hydrogen) atoms. The average molecular weight is 348 g/mol. The van der Waals surface area contributed by atoms with E-state index in [1.165, 1.54) is 25.3 Å². The highest BCUT2D eigenvalue weighted by molar-refractivity contribution is 5.98. The van der Waals surface area contributed by atoms with Crippen LogP contribution in [0, 0.1) is 0 Å². The molecule has 0 amide bonds. The zero-order valence-electron chi connectivity index (χ0n) is 14.5. The summed E-state index contributed by atoms with van der Waals surface area (Å²) in [6.07, 6.45) is 4.41. The number of aliphatic hydroxyl groups is 1. The number of allylic oxidation sites excluding steroid dienone is 2. The van der Waals surface area contributed by atoms with Crippen molar-refractivity contribution in [2.75, 3.05) is 7.11 Å². The second-order valence-corrected chi connectivity index (χ2v) is 6.25. The summed E-state index contributed by atoms with van der Waals surface area (Å²) in [5.41, 5.74) is 0.507. The van der Waals surface area contributed by atoms with Crippen LogP contribution in [0.15, 0.2) is 24.3 Å². The number of esters is 1. The molecule has 0 aliphatic carbocycles. The number of ketones is 1. The zero-order valence-corrected chi connectivity index (χ0v) is 14.5. The van der Waals surface area contributed by atoms with Crippen LogP contribution in [0.4, 0.5) is 0 Å². The minimum absolute atomic E-state index is 0.0529. The quantitative estimate of drug-likeness (QED) is 0.758. The fourth-order valence-electron chi connectivity index (χ4n) is 2.81. The average Bonchev–Trinajstić information content (AvgIpc) is 2.55. The second kappa shape index (κ2) is 8.67. The summed E-state index contributed by atoms with van der Waals surface area (Å²) in [4.78, 5) is 24.7. The zero-order chi connectivity index (χ0) is 18.4. The molecule has 0 saturated carbocycles. The Kier molecular flexibility index (Phi) is 6.58. The molecule has 0 radical (unpaired) electrons. The summed E-state index contributed by atoms with van der Waals surface area (Å²) in [5, 5.41) is 19.8. The second-order valence-electron chi connectivity index (χ2n) is 6.25. The van der Waals surface area contributed by atoms with Crippen LogP contribution in [0.1, 0.15) is 48.5 Å². The first-order valence-electron chi connectivity index (χ1n) is 8.39. The van der Waals surface area contributed by atoms with E-state index in [1.54, 1.807) is 13.0 Å². The summed E-state index contributed by atoms with van der Waals surface area (Å²) in [6.45, 7) is 1.76. The van der Waals surface area contributed by atoms with Crippen molar-refractivity contribution in [1.29, 1.82) is 0 Å². The number of hydrogen-bond acceptors (Lipinski definition) is 6. The molecule has 1 aromatic carbocycles. The normalized spacial score (nSPS) is 24.0. The molecule has 1 aliphatic rings. The van der Waals surface area contributed by atoms with Crippen LogP contribution < -0.4 is 4.74 Å². The molecule has 0 spiro atoms. The maximum atomic E-state index is 12.6. The minimum atomic E-state index is -0.609. The number of fused-ring (bicyclic) bond motifs is 1. The van der Waals surface area contributed by atoms with Crippen molar-refractivity contribution in [2.24, 2.45) is 0 Å². The number of cyclic esters (lactones) is 1. The van der Waals surface area contributed by atoms with Gasteiger partial charge in [0.25, 0.3) is 0 Å². The standard InChI is InChI=1S/C19H24O6/c1-12-7-8-14(20)5-3-4-6-15(21)9-13-10-16(22)11-17(24-2)18(13)19(23)25-12/h4,6,10-12,14,20,22H,3,5,7-9H2,1-2H3/b6-4-/t12-,14-/m0/s1. The number of aromatic hydroxyl groups is 1. The lowest BCUT2D eigenvalue weighted by Gasteiger charge is -2.18. The molecule has 136 valence electrons. The van der Waals surface area contributed by atoms with Gasteiger partial charge in [0.2, 0.25) is 0 Å². The Balaban J connectivity index is 2.40. The molecule has 1 aromatic rings. The van der Waals surface area contributed by atoms with E-state index in [4.69, 9.17) is 9.47 Å². The maximum absolute atomic E-state index is 12.6. The number of carbonyl (C=O) groups excluding carboxylic acids is 2. The molecule has 6 heteroatoms. The highest BCUT2D eigenvalue weighted by Gasteiger charge is 2.23. The van der Waals surface area contributed by atoms with Crippen LogP contribution in [0.25, 0.3) is 0 Å². The number of rotatable bonds is 1. The first-order valence-corrected chi connectivity index (χ1v) is 8.39. The molecule has 6 nitrogen and oxygen atoms in total. The fourth-order valence-corrected chi connectivity index (χ4v) is 2.81. The first-order chi connectivity index (χ1) is 11.9. The summed E-state index contributed by atoms with van der Waals surface area (Å²) >= 11 is 0. The number of phenols is 1. The third-order valence-corrected chi connectivity index (χ3v) is 4.14. The molecular weight excluding hydrogens is 324 g/mol. The Morgan fingerprint density at radius 3 is 2.68 bits per heavy atom. The van der Waals surface area contributed by atoms with E-state index in [0.717, 1.165) is 0 Å². The molecule has 2 N–H and O–H groups in total. The maximum Gasteiger partial charge on any atom is 0.342 e. The lowest BCUT2D eigenvalue weighted by molar-refractivity contribution is -0.114. The third kappa shape index (κ3) is 5.32. The monoisotopic (exact) mass is 348 g/mol. The van der Waals surface area contributed by atoms with Gasteiger partial charge in [-0.15, -0.1) is 0 Å². The van der Waals surface area contributed by atoms with Gasteiger partial charge in [0.05, 0.1) is 19.3 Å². The highest BCUT2D eigenvalue weighted by Crippen LogP contribution is 2.30. The van der Waals surface area contributed by atoms with Crippen LogP contribution in [-0.2, 0) is 16.0 Å². The van der Waals surface area contributed by atoms with Gasteiger partial charge in [-0.25, -0.2) is 4.79 Å². The van der Waals surface area contributed by atoms with Crippen molar-refractivity contribution in [3.05, 3.63) is 35.4 Å². The Morgan fingerprint density at radius 1 is 1.20 bits per heavy atom. The van der Waals surface area contributed by atoms with Crippen molar-refractivity contribution in [3.63, 3.8) is 0 Å². The summed E-state index contributed by atoms with van der Waals surface area (Å²) in [6, 6.07) is 2.70. The number of carbonyl (C=O) groups is 2. The largest absolute Gasteiger partial charge is 0.508 e. The molecule has 0 saturated heterocycles. The first kappa shape index (κ1) is 19.0. The third-order valence-electron chi connectivity index (χ3n) is 4.14. The van der Waals surface area contributed by atoms with Crippen LogP contribution in [-0.4, -0.2) is 41.3 Å². The Hall–Kier alpha value is -2.34.